The van der Waals surface area contributed by atoms with Gasteiger partial charge in [-0.1, -0.05) is 133 Å². The predicted molar refractivity (Wildman–Crippen MR) is 248 cm³/mol. The third-order valence-electron chi connectivity index (χ3n) is 12.5. The van der Waals surface area contributed by atoms with Crippen LogP contribution in [0, 0.1) is 0 Å². The molecule has 13 rings (SSSR count). The average Bonchev–Trinajstić information content (AvgIpc) is 3.93. The van der Waals surface area contributed by atoms with Crippen molar-refractivity contribution in [3.63, 3.8) is 0 Å². The second-order valence-electron chi connectivity index (χ2n) is 15.7. The molecule has 274 valence electrons. The van der Waals surface area contributed by atoms with E-state index in [1.165, 1.54) is 87.4 Å². The predicted octanol–water partition coefficient (Wildman–Crippen LogP) is 15.4. The van der Waals surface area contributed by atoms with E-state index in [-0.39, 0.29) is 0 Å². The van der Waals surface area contributed by atoms with E-state index < -0.39 is 0 Å². The first-order chi connectivity index (χ1) is 29.2. The third kappa shape index (κ3) is 4.76. The standard InChI is InChI=1S/C56H34N2O/c1-3-15-39(16-4-1)57-51-22-12-11-21-45(51)47-33-48-46-25-23-38(31-52(46)58(54(48)34-53(47)57)40-17-5-2-6-18-40)42-27-26-41(43-19-9-10-20-44(42)43)37-24-28-55-49(30-37)50-29-35-13-7-8-14-36(35)32-56(50)59-55/h1-34H. The Morgan fingerprint density at radius 3 is 1.47 bits per heavy atom. The summed E-state index contributed by atoms with van der Waals surface area (Å²) >= 11 is 0. The van der Waals surface area contributed by atoms with Crippen LogP contribution < -0.4 is 0 Å². The van der Waals surface area contributed by atoms with Crippen molar-refractivity contribution in [3.8, 4) is 33.6 Å². The number of para-hydroxylation sites is 3. The Bertz CT molecular complexity index is 3830. The van der Waals surface area contributed by atoms with Gasteiger partial charge < -0.3 is 13.6 Å². The van der Waals surface area contributed by atoms with E-state index in [2.05, 4.69) is 215 Å². The molecular weight excluding hydrogens is 717 g/mol. The number of benzene rings is 10. The van der Waals surface area contributed by atoms with E-state index in [0.717, 1.165) is 33.3 Å². The van der Waals surface area contributed by atoms with Crippen molar-refractivity contribution in [2.24, 2.45) is 0 Å². The largest absolute Gasteiger partial charge is 0.456 e. The minimum Gasteiger partial charge on any atom is -0.456 e. The van der Waals surface area contributed by atoms with Gasteiger partial charge in [-0.25, -0.2) is 0 Å². The number of nitrogens with zero attached hydrogens (tertiary/aromatic N) is 2. The summed E-state index contributed by atoms with van der Waals surface area (Å²) in [6, 6.07) is 75.1. The van der Waals surface area contributed by atoms with Gasteiger partial charge >= 0.3 is 0 Å². The molecule has 0 aliphatic heterocycles. The summed E-state index contributed by atoms with van der Waals surface area (Å²) in [5.74, 6) is 0. The fourth-order valence-electron chi connectivity index (χ4n) is 9.79. The van der Waals surface area contributed by atoms with Gasteiger partial charge in [0.05, 0.1) is 22.1 Å². The summed E-state index contributed by atoms with van der Waals surface area (Å²) in [5, 5.41) is 12.1. The van der Waals surface area contributed by atoms with Crippen LogP contribution in [0.1, 0.15) is 0 Å². The van der Waals surface area contributed by atoms with Crippen LogP contribution in [0.5, 0.6) is 0 Å². The lowest BCUT2D eigenvalue weighted by atomic mass is 9.91. The van der Waals surface area contributed by atoms with Crippen LogP contribution in [0.25, 0.3) is 121 Å². The molecule has 0 spiro atoms. The van der Waals surface area contributed by atoms with Crippen molar-refractivity contribution < 1.29 is 4.42 Å². The van der Waals surface area contributed by atoms with Crippen molar-refractivity contribution in [1.29, 1.82) is 0 Å². The molecule has 0 unspecified atom stereocenters. The first-order valence-electron chi connectivity index (χ1n) is 20.2. The van der Waals surface area contributed by atoms with Gasteiger partial charge in [0.2, 0.25) is 0 Å². The normalized spacial score (nSPS) is 12.1. The van der Waals surface area contributed by atoms with Gasteiger partial charge in [0.1, 0.15) is 11.2 Å². The van der Waals surface area contributed by atoms with Crippen molar-refractivity contribution >= 4 is 87.1 Å². The second kappa shape index (κ2) is 12.3. The van der Waals surface area contributed by atoms with Gasteiger partial charge in [0.25, 0.3) is 0 Å². The minimum absolute atomic E-state index is 0.907. The highest BCUT2D eigenvalue weighted by atomic mass is 16.3. The summed E-state index contributed by atoms with van der Waals surface area (Å²) in [6.45, 7) is 0. The fraction of sp³-hybridized carbons (Fsp3) is 0. The Morgan fingerprint density at radius 1 is 0.271 bits per heavy atom. The van der Waals surface area contributed by atoms with E-state index in [0.29, 0.717) is 0 Å². The summed E-state index contributed by atoms with van der Waals surface area (Å²) in [5.41, 5.74) is 13.7. The molecule has 0 aliphatic carbocycles. The zero-order valence-electron chi connectivity index (χ0n) is 31.9. The Labute approximate surface area is 339 Å². The number of hydrogen-bond acceptors (Lipinski definition) is 1. The maximum absolute atomic E-state index is 6.37. The minimum atomic E-state index is 0.907. The molecule has 10 aromatic carbocycles. The Morgan fingerprint density at radius 2 is 0.780 bits per heavy atom. The second-order valence-corrected chi connectivity index (χ2v) is 15.7. The summed E-state index contributed by atoms with van der Waals surface area (Å²) in [7, 11) is 0. The lowest BCUT2D eigenvalue weighted by Crippen LogP contribution is -1.95. The number of hydrogen-bond donors (Lipinski definition) is 0. The quantitative estimate of drug-likeness (QED) is 0.176. The van der Waals surface area contributed by atoms with Crippen LogP contribution in [0.3, 0.4) is 0 Å². The van der Waals surface area contributed by atoms with Crippen molar-refractivity contribution in [3.05, 3.63) is 206 Å². The SMILES string of the molecule is c1ccc(-n2c3ccccc3c3cc4c5ccc(-c6ccc(-c7ccc8oc9cc%10ccccc%10cc9c8c7)c7ccccc67)cc5n(-c5ccccc5)c4cc32)cc1. The van der Waals surface area contributed by atoms with Gasteiger partial charge in [-0.3, -0.25) is 0 Å². The highest BCUT2D eigenvalue weighted by Gasteiger charge is 2.20. The maximum atomic E-state index is 6.37. The monoisotopic (exact) mass is 750 g/mol. The van der Waals surface area contributed by atoms with Gasteiger partial charge in [-0.2, -0.15) is 0 Å². The number of rotatable bonds is 4. The lowest BCUT2D eigenvalue weighted by Gasteiger charge is -2.13. The molecule has 13 aromatic rings. The van der Waals surface area contributed by atoms with Gasteiger partial charge in [0, 0.05) is 43.7 Å². The highest BCUT2D eigenvalue weighted by Crippen LogP contribution is 2.43. The number of aromatic nitrogens is 2. The zero-order chi connectivity index (χ0) is 38.6. The molecule has 0 radical (unpaired) electrons. The lowest BCUT2D eigenvalue weighted by molar-refractivity contribution is 0.669. The molecule has 0 bridgehead atoms. The zero-order valence-corrected chi connectivity index (χ0v) is 31.9. The smallest absolute Gasteiger partial charge is 0.136 e. The molecule has 0 fully saturated rings. The van der Waals surface area contributed by atoms with E-state index in [4.69, 9.17) is 4.42 Å². The van der Waals surface area contributed by atoms with Crippen molar-refractivity contribution in [1.82, 2.24) is 9.13 Å². The fourth-order valence-corrected chi connectivity index (χ4v) is 9.79. The molecule has 3 heteroatoms. The molecule has 3 heterocycles. The molecule has 0 saturated carbocycles. The summed E-state index contributed by atoms with van der Waals surface area (Å²) < 4.78 is 11.2. The van der Waals surface area contributed by atoms with Crippen molar-refractivity contribution in [2.45, 2.75) is 0 Å². The molecule has 0 saturated heterocycles. The van der Waals surface area contributed by atoms with Crippen LogP contribution in [0.2, 0.25) is 0 Å². The third-order valence-corrected chi connectivity index (χ3v) is 12.5. The Kier molecular flexibility index (Phi) is 6.72. The topological polar surface area (TPSA) is 23.0 Å². The van der Waals surface area contributed by atoms with Crippen LogP contribution in [0.15, 0.2) is 211 Å². The maximum Gasteiger partial charge on any atom is 0.136 e. The molecule has 0 N–H and O–H groups in total. The average molecular weight is 751 g/mol. The van der Waals surface area contributed by atoms with Crippen LogP contribution in [-0.4, -0.2) is 9.13 Å². The van der Waals surface area contributed by atoms with E-state index in [9.17, 15) is 0 Å². The summed E-state index contributed by atoms with van der Waals surface area (Å²) in [4.78, 5) is 0. The Hall–Kier alpha value is -7.88. The molecule has 3 nitrogen and oxygen atoms in total. The van der Waals surface area contributed by atoms with Crippen LogP contribution >= 0.6 is 0 Å². The molecule has 0 atom stereocenters. The van der Waals surface area contributed by atoms with Crippen LogP contribution in [0.4, 0.5) is 0 Å². The molecular formula is C56H34N2O. The molecule has 0 amide bonds. The van der Waals surface area contributed by atoms with E-state index >= 15 is 0 Å². The number of fused-ring (bicyclic) bond motifs is 11. The van der Waals surface area contributed by atoms with Gasteiger partial charge in [-0.05, 0) is 117 Å². The first kappa shape index (κ1) is 32.2. The molecule has 3 aromatic heterocycles. The molecule has 59 heavy (non-hydrogen) atoms. The number of furan rings is 1. The summed E-state index contributed by atoms with van der Waals surface area (Å²) in [6.07, 6.45) is 0. The van der Waals surface area contributed by atoms with Crippen molar-refractivity contribution in [2.75, 3.05) is 0 Å². The van der Waals surface area contributed by atoms with Gasteiger partial charge in [0.15, 0.2) is 0 Å². The van der Waals surface area contributed by atoms with E-state index in [1.54, 1.807) is 0 Å². The molecule has 0 aliphatic rings. The van der Waals surface area contributed by atoms with E-state index in [1.807, 2.05) is 0 Å². The first-order valence-corrected chi connectivity index (χ1v) is 20.2. The highest BCUT2D eigenvalue weighted by molar-refractivity contribution is 6.20. The van der Waals surface area contributed by atoms with Crippen LogP contribution in [-0.2, 0) is 0 Å². The van der Waals surface area contributed by atoms with Gasteiger partial charge in [-0.15, -0.1) is 0 Å². The Balaban J connectivity index is 1.02.